The first-order valence-corrected chi connectivity index (χ1v) is 23.1. The van der Waals surface area contributed by atoms with Crippen LogP contribution in [0, 0.1) is 0 Å². The summed E-state index contributed by atoms with van der Waals surface area (Å²) in [7, 11) is 1.86. The van der Waals surface area contributed by atoms with Gasteiger partial charge < -0.3 is 9.47 Å². The van der Waals surface area contributed by atoms with Crippen molar-refractivity contribution in [2.24, 2.45) is 4.99 Å². The van der Waals surface area contributed by atoms with E-state index in [2.05, 4.69) is 221 Å². The van der Waals surface area contributed by atoms with Crippen LogP contribution >= 0.6 is 0 Å². The fourth-order valence-electron chi connectivity index (χ4n) is 10.0. The van der Waals surface area contributed by atoms with Crippen molar-refractivity contribution in [1.29, 1.82) is 0 Å². The first-order chi connectivity index (χ1) is 33.5. The summed E-state index contributed by atoms with van der Waals surface area (Å²) < 4.78 is 13.9. The van der Waals surface area contributed by atoms with Crippen molar-refractivity contribution in [2.45, 2.75) is 19.3 Å². The topological polar surface area (TPSA) is 30.8 Å². The first-order valence-electron chi connectivity index (χ1n) is 23.1. The average molecular weight is 878 g/mol. The predicted molar refractivity (Wildman–Crippen MR) is 285 cm³/mol. The molecule has 0 saturated heterocycles. The van der Waals surface area contributed by atoms with Gasteiger partial charge in [-0.1, -0.05) is 226 Å². The quantitative estimate of drug-likeness (QED) is 0.0904. The van der Waals surface area contributed by atoms with Crippen LogP contribution in [0.25, 0.3) is 39.0 Å². The molecule has 1 heterocycles. The SMILES string of the molecule is C=C/C=C\C(=C/C)c1ccc(/C(=C\C(=NC)c2ccc(-c3ccccc3)cc2)c2ccc(-c3cccc4c3Oc3ccc5c(c3O4)C(C)=C(C=C)C5(c3ccccc3)c3ccccc3)cc2)cc1. The second-order valence-corrected chi connectivity index (χ2v) is 17.0. The van der Waals surface area contributed by atoms with Crippen LogP contribution in [0.2, 0.25) is 0 Å². The molecule has 3 heteroatoms. The number of hydrogen-bond donors (Lipinski definition) is 0. The number of aliphatic imine (C=N–C) groups is 1. The number of allylic oxidation sites excluding steroid dienone is 9. The van der Waals surface area contributed by atoms with Gasteiger partial charge in [0.15, 0.2) is 23.0 Å². The van der Waals surface area contributed by atoms with Crippen molar-refractivity contribution in [3.63, 3.8) is 0 Å². The summed E-state index contributed by atoms with van der Waals surface area (Å²) in [6, 6.07) is 68.4. The van der Waals surface area contributed by atoms with Crippen molar-refractivity contribution in [2.75, 3.05) is 7.05 Å². The number of rotatable bonds is 12. The van der Waals surface area contributed by atoms with Crippen LogP contribution in [0.5, 0.6) is 23.0 Å². The Morgan fingerprint density at radius 1 is 0.544 bits per heavy atom. The van der Waals surface area contributed by atoms with E-state index in [-0.39, 0.29) is 0 Å². The summed E-state index contributed by atoms with van der Waals surface area (Å²) in [5.41, 5.74) is 17.9. The molecular formula is C65H51NO2. The summed E-state index contributed by atoms with van der Waals surface area (Å²) in [5, 5.41) is 0. The second-order valence-electron chi connectivity index (χ2n) is 17.0. The number of ether oxygens (including phenoxy) is 2. The summed E-state index contributed by atoms with van der Waals surface area (Å²) in [6.45, 7) is 12.5. The van der Waals surface area contributed by atoms with E-state index >= 15 is 0 Å². The average Bonchev–Trinajstić information content (AvgIpc) is 3.67. The van der Waals surface area contributed by atoms with E-state index in [1.807, 2.05) is 37.4 Å². The van der Waals surface area contributed by atoms with E-state index in [1.54, 1.807) is 6.08 Å². The molecule has 68 heavy (non-hydrogen) atoms. The van der Waals surface area contributed by atoms with Gasteiger partial charge in [0.25, 0.3) is 0 Å². The van der Waals surface area contributed by atoms with Crippen molar-refractivity contribution in [3.05, 3.63) is 294 Å². The van der Waals surface area contributed by atoms with Gasteiger partial charge in [0.1, 0.15) is 0 Å². The van der Waals surface area contributed by atoms with Crippen LogP contribution in [0.3, 0.4) is 0 Å². The monoisotopic (exact) mass is 877 g/mol. The Morgan fingerprint density at radius 2 is 1.09 bits per heavy atom. The fraction of sp³-hybridized carbons (Fsp3) is 0.0615. The normalized spacial score (nSPS) is 14.1. The van der Waals surface area contributed by atoms with Gasteiger partial charge in [0.05, 0.1) is 11.1 Å². The van der Waals surface area contributed by atoms with Crippen LogP contribution in [0.15, 0.2) is 254 Å². The second kappa shape index (κ2) is 18.8. The number of nitrogens with zero attached hydrogens (tertiary/aromatic N) is 1. The highest BCUT2D eigenvalue weighted by atomic mass is 16.6. The maximum absolute atomic E-state index is 6.99. The molecule has 2 aliphatic rings. The van der Waals surface area contributed by atoms with Crippen molar-refractivity contribution >= 4 is 22.4 Å². The minimum atomic E-state index is -0.573. The molecule has 0 aromatic heterocycles. The highest BCUT2D eigenvalue weighted by molar-refractivity contribution is 6.14. The third-order valence-corrected chi connectivity index (χ3v) is 13.3. The molecule has 0 saturated carbocycles. The highest BCUT2D eigenvalue weighted by Gasteiger charge is 2.48. The Bertz CT molecular complexity index is 3290. The molecular weight excluding hydrogens is 827 g/mol. The number of fused-ring (bicyclic) bond motifs is 4. The van der Waals surface area contributed by atoms with Crippen LogP contribution in [0.4, 0.5) is 0 Å². The Kier molecular flexibility index (Phi) is 12.0. The molecule has 0 bridgehead atoms. The third-order valence-electron chi connectivity index (χ3n) is 13.3. The summed E-state index contributed by atoms with van der Waals surface area (Å²) >= 11 is 0. The Labute approximate surface area is 400 Å². The van der Waals surface area contributed by atoms with Crippen LogP contribution in [-0.4, -0.2) is 12.8 Å². The molecule has 1 aliphatic heterocycles. The maximum atomic E-state index is 6.99. The van der Waals surface area contributed by atoms with Gasteiger partial charge >= 0.3 is 0 Å². The molecule has 0 atom stereocenters. The first kappa shape index (κ1) is 43.4. The molecule has 8 aromatic carbocycles. The molecule has 3 nitrogen and oxygen atoms in total. The Hall–Kier alpha value is -8.53. The summed E-state index contributed by atoms with van der Waals surface area (Å²) in [5.74, 6) is 2.75. The number of hydrogen-bond acceptors (Lipinski definition) is 3. The lowest BCUT2D eigenvalue weighted by atomic mass is 9.67. The molecule has 8 aromatic rings. The van der Waals surface area contributed by atoms with Gasteiger partial charge in [0, 0.05) is 18.2 Å². The number of benzene rings is 8. The van der Waals surface area contributed by atoms with Crippen molar-refractivity contribution < 1.29 is 9.47 Å². The largest absolute Gasteiger partial charge is 0.449 e. The van der Waals surface area contributed by atoms with Gasteiger partial charge in [0.2, 0.25) is 0 Å². The predicted octanol–water partition coefficient (Wildman–Crippen LogP) is 16.9. The molecule has 0 spiro atoms. The lowest BCUT2D eigenvalue weighted by molar-refractivity contribution is 0.359. The molecule has 0 fully saturated rings. The lowest BCUT2D eigenvalue weighted by Crippen LogP contribution is -2.29. The van der Waals surface area contributed by atoms with Gasteiger partial charge in [-0.25, -0.2) is 0 Å². The van der Waals surface area contributed by atoms with E-state index < -0.39 is 5.41 Å². The van der Waals surface area contributed by atoms with E-state index in [0.717, 1.165) is 83.8 Å². The summed E-state index contributed by atoms with van der Waals surface area (Å²) in [6.07, 6.45) is 12.2. The minimum absolute atomic E-state index is 0.573. The maximum Gasteiger partial charge on any atom is 0.177 e. The molecule has 1 aliphatic carbocycles. The zero-order chi connectivity index (χ0) is 46.6. The van der Waals surface area contributed by atoms with Crippen LogP contribution in [-0.2, 0) is 5.41 Å². The molecule has 0 radical (unpaired) electrons. The Balaban J connectivity index is 1.02. The van der Waals surface area contributed by atoms with Gasteiger partial charge in [-0.2, -0.15) is 0 Å². The van der Waals surface area contributed by atoms with E-state index in [0.29, 0.717) is 17.2 Å². The van der Waals surface area contributed by atoms with Crippen molar-refractivity contribution in [1.82, 2.24) is 0 Å². The van der Waals surface area contributed by atoms with Crippen LogP contribution < -0.4 is 9.47 Å². The molecule has 0 amide bonds. The van der Waals surface area contributed by atoms with Gasteiger partial charge in [-0.05, 0) is 110 Å². The number of para-hydroxylation sites is 1. The zero-order valence-corrected chi connectivity index (χ0v) is 38.6. The molecule has 0 unspecified atom stereocenters. The van der Waals surface area contributed by atoms with E-state index in [1.165, 1.54) is 16.7 Å². The Morgan fingerprint density at radius 3 is 1.69 bits per heavy atom. The smallest absolute Gasteiger partial charge is 0.177 e. The van der Waals surface area contributed by atoms with Gasteiger partial charge in [-0.3, -0.25) is 4.99 Å². The standard InChI is InChI=1S/C65H51NO2/c1-6-9-20-45(7-2)47-29-33-50(34-30-47)56(43-59(66-5)52-39-31-48(32-40-52)46-21-13-10-14-22-46)51-37-35-49(36-38-51)55-27-19-28-60-63(55)67-61-42-41-58-62(64(61)68-60)44(4)57(8-3)65(58,53-23-15-11-16-24-53)54-25-17-12-18-26-54/h6-43H,1,3H2,2,4-5H3/b20-9-,45-7+,56-43+,66-59?. The van der Waals surface area contributed by atoms with Gasteiger partial charge in [-0.15, -0.1) is 0 Å². The molecule has 0 N–H and O–H groups in total. The zero-order valence-electron chi connectivity index (χ0n) is 38.6. The fourth-order valence-corrected chi connectivity index (χ4v) is 10.0. The molecule has 10 rings (SSSR count). The molecule has 328 valence electrons. The lowest BCUT2D eigenvalue weighted by Gasteiger charge is -2.35. The summed E-state index contributed by atoms with van der Waals surface area (Å²) in [4.78, 5) is 4.82. The highest BCUT2D eigenvalue weighted by Crippen LogP contribution is 2.61. The van der Waals surface area contributed by atoms with E-state index in [4.69, 9.17) is 14.5 Å². The van der Waals surface area contributed by atoms with E-state index in [9.17, 15) is 0 Å². The van der Waals surface area contributed by atoms with Crippen LogP contribution in [0.1, 0.15) is 58.4 Å². The van der Waals surface area contributed by atoms with Crippen molar-refractivity contribution in [3.8, 4) is 45.3 Å². The third kappa shape index (κ3) is 7.68. The minimum Gasteiger partial charge on any atom is -0.449 e.